The van der Waals surface area contributed by atoms with Crippen molar-refractivity contribution in [2.75, 3.05) is 64.2 Å². The zero-order valence-corrected chi connectivity index (χ0v) is 35.1. The van der Waals surface area contributed by atoms with Crippen LogP contribution in [0.3, 0.4) is 0 Å². The smallest absolute Gasteiger partial charge is 0.390 e. The number of rotatable bonds is 20. The highest BCUT2D eigenvalue weighted by atomic mass is 35.5. The summed E-state index contributed by atoms with van der Waals surface area (Å²) in [6.45, 7) is 5.88. The van der Waals surface area contributed by atoms with E-state index >= 15 is 0 Å². The second-order valence-corrected chi connectivity index (χ2v) is 17.4. The Balaban J connectivity index is 0.000000306. The quantitative estimate of drug-likeness (QED) is 0.0450. The van der Waals surface area contributed by atoms with Crippen LogP contribution in [0, 0.1) is 38.8 Å². The summed E-state index contributed by atoms with van der Waals surface area (Å²) < 4.78 is 88.1. The molecule has 0 fully saturated rings. The van der Waals surface area contributed by atoms with Gasteiger partial charge in [0.05, 0.1) is 5.69 Å². The maximum atomic E-state index is 14.4. The van der Waals surface area contributed by atoms with Gasteiger partial charge in [-0.05, 0) is 54.4 Å². The molecular formula is C31H37Cl4F2N9O9S2. The molecule has 0 aliphatic rings. The summed E-state index contributed by atoms with van der Waals surface area (Å²) >= 11 is 22.9. The lowest BCUT2D eigenvalue weighted by atomic mass is 10.1. The molecular weight excluding hydrogens is 886 g/mol. The van der Waals surface area contributed by atoms with E-state index in [1.54, 1.807) is 12.1 Å². The second-order valence-electron chi connectivity index (χ2n) is 12.1. The zero-order chi connectivity index (χ0) is 42.7. The number of hydrogen-bond donors (Lipinski definition) is 1. The van der Waals surface area contributed by atoms with Gasteiger partial charge in [0, 0.05) is 67.5 Å². The highest BCUT2D eigenvalue weighted by molar-refractivity contribution is 7.91. The lowest BCUT2D eigenvalue weighted by molar-refractivity contribution is -0.397. The number of nitrogens with one attached hydrogen (secondary N) is 1. The van der Waals surface area contributed by atoms with Crippen molar-refractivity contribution >= 4 is 95.5 Å². The third-order valence-electron chi connectivity index (χ3n) is 7.88. The minimum Gasteiger partial charge on any atom is -0.390 e. The number of aromatic nitrogens is 4. The summed E-state index contributed by atoms with van der Waals surface area (Å²) in [6.07, 6.45) is 4.54. The molecule has 1 N–H and O–H groups in total. The van der Waals surface area contributed by atoms with Crippen molar-refractivity contribution in [3.63, 3.8) is 0 Å². The van der Waals surface area contributed by atoms with Crippen molar-refractivity contribution in [2.45, 2.75) is 31.5 Å². The fraction of sp³-hybridized carbons (Fsp3) is 0.419. The first-order valence-electron chi connectivity index (χ1n) is 16.3. The minimum atomic E-state index is -4.30. The molecule has 0 atom stereocenters. The Labute approximate surface area is 346 Å². The lowest BCUT2D eigenvalue weighted by Crippen LogP contribution is -2.39. The summed E-state index contributed by atoms with van der Waals surface area (Å²) in [5.41, 5.74) is 0.882. The van der Waals surface area contributed by atoms with Gasteiger partial charge in [-0.15, -0.1) is 46.4 Å². The summed E-state index contributed by atoms with van der Waals surface area (Å²) in [6, 6.07) is 6.43. The van der Waals surface area contributed by atoms with Crippen LogP contribution in [0.5, 0.6) is 5.75 Å². The van der Waals surface area contributed by atoms with Gasteiger partial charge in [-0.1, -0.05) is 9.97 Å². The molecule has 0 bridgehead atoms. The van der Waals surface area contributed by atoms with Gasteiger partial charge in [-0.25, -0.2) is 26.3 Å². The maximum Gasteiger partial charge on any atom is 0.435 e. The largest absolute Gasteiger partial charge is 0.435 e. The predicted octanol–water partition coefficient (Wildman–Crippen LogP) is 6.24. The van der Waals surface area contributed by atoms with Gasteiger partial charge in [-0.2, -0.15) is 8.42 Å². The fourth-order valence-corrected chi connectivity index (χ4v) is 8.10. The van der Waals surface area contributed by atoms with E-state index in [4.69, 9.17) is 50.6 Å². The molecule has 0 aliphatic carbocycles. The Kier molecular flexibility index (Phi) is 16.9. The van der Waals surface area contributed by atoms with E-state index < -0.39 is 64.3 Å². The molecule has 314 valence electrons. The van der Waals surface area contributed by atoms with Crippen molar-refractivity contribution in [1.29, 1.82) is 0 Å². The normalized spacial score (nSPS) is 11.7. The second kappa shape index (κ2) is 20.5. The molecule has 0 unspecified atom stereocenters. The van der Waals surface area contributed by atoms with Gasteiger partial charge >= 0.3 is 22.0 Å². The van der Waals surface area contributed by atoms with Crippen LogP contribution in [0.4, 0.5) is 37.7 Å². The summed E-state index contributed by atoms with van der Waals surface area (Å²) in [5.74, 6) is -3.02. The molecule has 0 saturated carbocycles. The highest BCUT2D eigenvalue weighted by Gasteiger charge is 2.45. The van der Waals surface area contributed by atoms with Crippen molar-refractivity contribution < 1.29 is 39.6 Å². The van der Waals surface area contributed by atoms with E-state index in [0.717, 1.165) is 51.1 Å². The van der Waals surface area contributed by atoms with Gasteiger partial charge in [-0.3, -0.25) is 4.72 Å². The molecule has 4 rings (SSSR count). The molecule has 4 aromatic rings. The van der Waals surface area contributed by atoms with E-state index in [0.29, 0.717) is 24.8 Å². The Bertz CT molecular complexity index is 2210. The van der Waals surface area contributed by atoms with Crippen LogP contribution in [0.2, 0.25) is 0 Å². The lowest BCUT2D eigenvalue weighted by Gasteiger charge is -2.26. The SMILES string of the molecule is Cc1cc(OS(=O)(=O)C(C)(C)n2ccnc2[N+](=O)[O-])ccc1N(CCCl)CCCl.O=[N+]([O-])c1nccn1CS(=O)(=O)Nc1cc(F)c(N(CCCl)CCCl)c(F)c1. The van der Waals surface area contributed by atoms with Crippen LogP contribution in [-0.4, -0.2) is 95.5 Å². The van der Waals surface area contributed by atoms with Crippen LogP contribution >= 0.6 is 46.4 Å². The average Bonchev–Trinajstić information content (AvgIpc) is 3.79. The Hall–Kier alpha value is -4.22. The molecule has 0 saturated heterocycles. The van der Waals surface area contributed by atoms with Crippen LogP contribution in [-0.2, 0) is 30.9 Å². The molecule has 2 aromatic heterocycles. The summed E-state index contributed by atoms with van der Waals surface area (Å²) in [7, 11) is -8.52. The van der Waals surface area contributed by atoms with Crippen LogP contribution in [0.15, 0.2) is 55.1 Å². The van der Waals surface area contributed by atoms with Crippen LogP contribution in [0.25, 0.3) is 0 Å². The first-order chi connectivity index (χ1) is 26.7. The van der Waals surface area contributed by atoms with E-state index in [2.05, 4.69) is 9.97 Å². The van der Waals surface area contributed by atoms with Crippen molar-refractivity contribution in [3.8, 4) is 5.75 Å². The number of aryl methyl sites for hydroxylation is 1. The minimum absolute atomic E-state index is 0.0961. The molecule has 0 aliphatic heterocycles. The summed E-state index contributed by atoms with van der Waals surface area (Å²) in [5, 5.41) is 21.9. The first-order valence-corrected chi connectivity index (χ1v) is 21.5. The summed E-state index contributed by atoms with van der Waals surface area (Å²) in [4.78, 5) is 28.9. The molecule has 57 heavy (non-hydrogen) atoms. The highest BCUT2D eigenvalue weighted by Crippen LogP contribution is 2.33. The monoisotopic (exact) mass is 921 g/mol. The van der Waals surface area contributed by atoms with Gasteiger partial charge < -0.3 is 34.2 Å². The van der Waals surface area contributed by atoms with Crippen molar-refractivity contribution in [2.24, 2.45) is 0 Å². The van der Waals surface area contributed by atoms with Gasteiger partial charge in [0.15, 0.2) is 17.5 Å². The molecule has 18 nitrogen and oxygen atoms in total. The van der Waals surface area contributed by atoms with Crippen LogP contribution in [0.1, 0.15) is 19.4 Å². The predicted molar refractivity (Wildman–Crippen MR) is 214 cm³/mol. The number of benzene rings is 2. The van der Waals surface area contributed by atoms with Crippen molar-refractivity contribution in [3.05, 3.63) is 92.5 Å². The number of sulfonamides is 1. The number of hydrogen-bond acceptors (Lipinski definition) is 13. The number of imidazole rings is 2. The number of nitrogens with zero attached hydrogens (tertiary/aromatic N) is 8. The number of anilines is 3. The van der Waals surface area contributed by atoms with Crippen LogP contribution < -0.4 is 18.7 Å². The van der Waals surface area contributed by atoms with E-state index in [9.17, 15) is 45.8 Å². The third-order valence-corrected chi connectivity index (χ3v) is 11.6. The van der Waals surface area contributed by atoms with E-state index in [1.807, 2.05) is 16.5 Å². The van der Waals surface area contributed by atoms with Gasteiger partial charge in [0.25, 0.3) is 10.0 Å². The Morgan fingerprint density at radius 2 is 1.33 bits per heavy atom. The Morgan fingerprint density at radius 3 is 1.84 bits per heavy atom. The van der Waals surface area contributed by atoms with Gasteiger partial charge in [0.1, 0.15) is 36.2 Å². The zero-order valence-electron chi connectivity index (χ0n) is 30.4. The molecule has 2 aromatic carbocycles. The molecule has 26 heteroatoms. The topological polar surface area (TPSA) is 218 Å². The fourth-order valence-electron chi connectivity index (χ4n) is 5.23. The third kappa shape index (κ3) is 12.1. The molecule has 0 radical (unpaired) electrons. The molecule has 0 spiro atoms. The average molecular weight is 924 g/mol. The number of halogens is 6. The van der Waals surface area contributed by atoms with E-state index in [1.165, 1.54) is 31.0 Å². The Morgan fingerprint density at radius 1 is 0.825 bits per heavy atom. The standard InChI is InChI=1S/C17H22Cl2N4O5S.C14H15Cl2F2N5O4S/c1-13-12-14(4-5-15(13)21(9-6-18)10-7-19)28-29(26,27)17(2,3)22-11-8-20-16(22)23(24)25;15-1-4-21(5-2-16)13-11(17)7-10(8-12(13)18)20-28(26,27)9-22-6-3-19-14(22)23(24)25/h4-5,8,11-12H,6-7,9-10H2,1-3H3;3,6-8,20H,1-2,4-5,9H2. The maximum absolute atomic E-state index is 14.4. The molecule has 0 amide bonds. The number of alkyl halides is 4. The number of nitro groups is 2. The first kappa shape index (κ1) is 47.2. The van der Waals surface area contributed by atoms with Gasteiger partial charge in [0.2, 0.25) is 4.87 Å². The van der Waals surface area contributed by atoms with Crippen molar-refractivity contribution in [1.82, 2.24) is 19.1 Å². The molecule has 2 heterocycles. The van der Waals surface area contributed by atoms with E-state index in [-0.39, 0.29) is 42.0 Å².